The topological polar surface area (TPSA) is 201 Å². The van der Waals surface area contributed by atoms with Gasteiger partial charge in [0.15, 0.2) is 0 Å². The molecule has 0 saturated heterocycles. The molecule has 0 aliphatic heterocycles. The fourth-order valence-corrected chi connectivity index (χ4v) is 8.75. The zero-order valence-electron chi connectivity index (χ0n) is 43.2. The Morgan fingerprint density at radius 2 is 0.822 bits per heavy atom. The molecule has 0 aliphatic carbocycles. The van der Waals surface area contributed by atoms with Crippen LogP contribution in [0, 0.1) is 16.2 Å². The first-order valence-corrected chi connectivity index (χ1v) is 25.9. The summed E-state index contributed by atoms with van der Waals surface area (Å²) in [4.78, 5) is 53.5. The number of nitrogens with zero attached hydrogens (tertiary/aromatic N) is 10. The predicted octanol–water partition coefficient (Wildman–Crippen LogP) is 8.68. The standard InChI is InChI=1S/C54H69BrN10O8/c1-9-70-49(67)52(3,4)29-45(39-21-14-11-15-22-39)63-36-42(56-59-63)33-62(34-43-37-64(60-57-43)46(40-23-16-12-17-24-40)30-53(5,6)50(68)71-10-2)35-44-38-65(61-58-44)47(41-25-18-13-19-26-41)31-54(7,8)51(69)73-28-20-27-72-48(66)32-55/h11-19,21-26,36-38,45-47H,9-10,20,27-35H2,1-8H3. The van der Waals surface area contributed by atoms with E-state index >= 15 is 0 Å². The van der Waals surface area contributed by atoms with E-state index in [9.17, 15) is 19.2 Å². The molecule has 3 heterocycles. The number of esters is 4. The average molecular weight is 1070 g/mol. The lowest BCUT2D eigenvalue weighted by Gasteiger charge is -2.28. The maximum absolute atomic E-state index is 13.6. The molecule has 0 radical (unpaired) electrons. The van der Waals surface area contributed by atoms with Crippen LogP contribution in [0.2, 0.25) is 0 Å². The molecule has 3 aromatic heterocycles. The molecular formula is C54H69BrN10O8. The molecule has 0 N–H and O–H groups in total. The Morgan fingerprint density at radius 3 is 1.14 bits per heavy atom. The molecule has 19 heteroatoms. The van der Waals surface area contributed by atoms with E-state index in [1.165, 1.54) is 0 Å². The summed E-state index contributed by atoms with van der Waals surface area (Å²) in [6.45, 7) is 16.6. The van der Waals surface area contributed by atoms with Crippen molar-refractivity contribution in [2.45, 2.75) is 119 Å². The largest absolute Gasteiger partial charge is 0.466 e. The van der Waals surface area contributed by atoms with Gasteiger partial charge in [0.05, 0.1) is 96.5 Å². The molecule has 3 aromatic carbocycles. The predicted molar refractivity (Wildman–Crippen MR) is 276 cm³/mol. The van der Waals surface area contributed by atoms with Crippen molar-refractivity contribution >= 4 is 39.8 Å². The van der Waals surface area contributed by atoms with Crippen molar-refractivity contribution < 1.29 is 38.1 Å². The van der Waals surface area contributed by atoms with Gasteiger partial charge in [0.1, 0.15) is 5.33 Å². The molecule has 73 heavy (non-hydrogen) atoms. The number of carbonyl (C=O) groups is 4. The monoisotopic (exact) mass is 1060 g/mol. The molecule has 0 saturated carbocycles. The molecule has 0 bridgehead atoms. The highest BCUT2D eigenvalue weighted by atomic mass is 79.9. The van der Waals surface area contributed by atoms with Crippen LogP contribution >= 0.6 is 15.9 Å². The van der Waals surface area contributed by atoms with E-state index in [1.54, 1.807) is 18.5 Å². The van der Waals surface area contributed by atoms with Crippen LogP contribution in [0.25, 0.3) is 0 Å². The second kappa shape index (κ2) is 25.9. The average Bonchev–Trinajstić information content (AvgIpc) is 4.17. The summed E-state index contributed by atoms with van der Waals surface area (Å²) < 4.78 is 27.1. The second-order valence-electron chi connectivity index (χ2n) is 20.0. The Morgan fingerprint density at radius 1 is 0.507 bits per heavy atom. The second-order valence-corrected chi connectivity index (χ2v) is 20.6. The van der Waals surface area contributed by atoms with Gasteiger partial charge in [-0.3, -0.25) is 24.1 Å². The number of carbonyl (C=O) groups excluding carboxylic acids is 4. The summed E-state index contributed by atoms with van der Waals surface area (Å²) in [5, 5.41) is 28.1. The summed E-state index contributed by atoms with van der Waals surface area (Å²) in [5.41, 5.74) is 2.26. The number of benzene rings is 3. The highest BCUT2D eigenvalue weighted by Gasteiger charge is 2.37. The first-order chi connectivity index (χ1) is 34.9. The maximum Gasteiger partial charge on any atom is 0.316 e. The third kappa shape index (κ3) is 15.7. The third-order valence-electron chi connectivity index (χ3n) is 12.6. The highest BCUT2D eigenvalue weighted by Crippen LogP contribution is 2.37. The normalized spacial score (nSPS) is 13.3. The van der Waals surface area contributed by atoms with Crippen molar-refractivity contribution in [2.75, 3.05) is 31.8 Å². The molecule has 3 atom stereocenters. The number of hydrogen-bond donors (Lipinski definition) is 0. The van der Waals surface area contributed by atoms with Gasteiger partial charge < -0.3 is 18.9 Å². The van der Waals surface area contributed by atoms with Crippen molar-refractivity contribution in [1.29, 1.82) is 0 Å². The smallest absolute Gasteiger partial charge is 0.316 e. The van der Waals surface area contributed by atoms with Crippen LogP contribution in [0.15, 0.2) is 110 Å². The van der Waals surface area contributed by atoms with E-state index in [0.717, 1.165) is 16.7 Å². The molecule has 18 nitrogen and oxygen atoms in total. The van der Waals surface area contributed by atoms with Gasteiger partial charge in [0.2, 0.25) is 0 Å². The summed E-state index contributed by atoms with van der Waals surface area (Å²) in [7, 11) is 0. The van der Waals surface area contributed by atoms with Crippen molar-refractivity contribution in [3.63, 3.8) is 0 Å². The SMILES string of the molecule is CCOC(=O)C(C)(C)CC(c1ccccc1)n1cc(CN(Cc2cn(C(CC(C)(C)C(=O)OCC)c3ccccc3)nn2)Cc2cn(C(CC(C)(C)C(=O)OCCCOC(=O)CBr)c3ccccc3)nn2)nn1. The van der Waals surface area contributed by atoms with E-state index in [2.05, 4.69) is 51.8 Å². The number of aromatic nitrogens is 9. The van der Waals surface area contributed by atoms with Gasteiger partial charge in [0, 0.05) is 26.1 Å². The lowest BCUT2D eigenvalue weighted by molar-refractivity contribution is -0.156. The van der Waals surface area contributed by atoms with Gasteiger partial charge in [-0.05, 0) is 91.3 Å². The molecule has 0 spiro atoms. The van der Waals surface area contributed by atoms with E-state index in [-0.39, 0.29) is 73.8 Å². The Hall–Kier alpha value is -6.60. The minimum Gasteiger partial charge on any atom is -0.466 e. The van der Waals surface area contributed by atoms with E-state index in [1.807, 2.05) is 160 Å². The molecule has 0 aliphatic rings. The summed E-state index contributed by atoms with van der Waals surface area (Å²) in [6, 6.07) is 28.6. The van der Waals surface area contributed by atoms with Crippen LogP contribution < -0.4 is 0 Å². The molecule has 0 amide bonds. The molecule has 390 valence electrons. The van der Waals surface area contributed by atoms with Crippen molar-refractivity contribution in [2.24, 2.45) is 16.2 Å². The lowest BCUT2D eigenvalue weighted by Crippen LogP contribution is -2.31. The van der Waals surface area contributed by atoms with Gasteiger partial charge in [-0.1, -0.05) is 123 Å². The summed E-state index contributed by atoms with van der Waals surface area (Å²) in [5.74, 6) is -1.34. The zero-order chi connectivity index (χ0) is 52.6. The third-order valence-corrected chi connectivity index (χ3v) is 13.0. The summed E-state index contributed by atoms with van der Waals surface area (Å²) in [6.07, 6.45) is 7.25. The highest BCUT2D eigenvalue weighted by molar-refractivity contribution is 9.09. The fourth-order valence-electron chi connectivity index (χ4n) is 8.58. The first kappa shape index (κ1) is 55.7. The van der Waals surface area contributed by atoms with Crippen LogP contribution in [0.3, 0.4) is 0 Å². The van der Waals surface area contributed by atoms with Crippen molar-refractivity contribution in [3.8, 4) is 0 Å². The molecule has 6 aromatic rings. The van der Waals surface area contributed by atoms with Crippen LogP contribution in [-0.2, 0) is 57.8 Å². The Labute approximate surface area is 436 Å². The van der Waals surface area contributed by atoms with E-state index in [4.69, 9.17) is 18.9 Å². The van der Waals surface area contributed by atoms with Crippen molar-refractivity contribution in [1.82, 2.24) is 49.9 Å². The van der Waals surface area contributed by atoms with Gasteiger partial charge in [-0.15, -0.1) is 15.3 Å². The Kier molecular flexibility index (Phi) is 19.7. The Bertz CT molecular complexity index is 2570. The number of halogens is 1. The number of hydrogen-bond acceptors (Lipinski definition) is 15. The van der Waals surface area contributed by atoms with Gasteiger partial charge in [-0.2, -0.15) is 0 Å². The quantitative estimate of drug-likeness (QED) is 0.0195. The fraction of sp³-hybridized carbons (Fsp3) is 0.481. The van der Waals surface area contributed by atoms with Crippen LogP contribution in [0.4, 0.5) is 0 Å². The molecule has 6 rings (SSSR count). The lowest BCUT2D eigenvalue weighted by atomic mass is 9.83. The maximum atomic E-state index is 13.6. The Balaban J connectivity index is 1.31. The zero-order valence-corrected chi connectivity index (χ0v) is 44.8. The minimum atomic E-state index is -0.935. The number of alkyl halides is 1. The van der Waals surface area contributed by atoms with E-state index in [0.29, 0.717) is 62.4 Å². The van der Waals surface area contributed by atoms with Gasteiger partial charge in [0.25, 0.3) is 0 Å². The minimum absolute atomic E-state index is 0.0961. The van der Waals surface area contributed by atoms with E-state index < -0.39 is 16.2 Å². The van der Waals surface area contributed by atoms with Gasteiger partial charge in [-0.25, -0.2) is 14.0 Å². The first-order valence-electron chi connectivity index (χ1n) is 24.8. The van der Waals surface area contributed by atoms with Crippen LogP contribution in [0.1, 0.15) is 133 Å². The number of ether oxygens (including phenoxy) is 4. The van der Waals surface area contributed by atoms with Crippen LogP contribution in [0.5, 0.6) is 0 Å². The number of rotatable bonds is 28. The van der Waals surface area contributed by atoms with Crippen LogP contribution in [-0.4, -0.2) is 106 Å². The molecule has 0 fully saturated rings. The molecular weight excluding hydrogens is 997 g/mol. The summed E-state index contributed by atoms with van der Waals surface area (Å²) >= 11 is 3.08. The van der Waals surface area contributed by atoms with Gasteiger partial charge >= 0.3 is 23.9 Å². The van der Waals surface area contributed by atoms with Crippen molar-refractivity contribution in [3.05, 3.63) is 143 Å². The molecule has 3 unspecified atom stereocenters.